The van der Waals surface area contributed by atoms with Crippen LogP contribution in [0.4, 0.5) is 0 Å². The van der Waals surface area contributed by atoms with Gasteiger partial charge in [0.15, 0.2) is 0 Å². The lowest BCUT2D eigenvalue weighted by Crippen LogP contribution is -1.78. The zero-order valence-corrected chi connectivity index (χ0v) is 19.7. The Morgan fingerprint density at radius 1 is 0.486 bits per heavy atom. The second kappa shape index (κ2) is 12.0. The lowest BCUT2D eigenvalue weighted by molar-refractivity contribution is 0.669. The molecule has 1 aromatic heterocycles. The van der Waals surface area contributed by atoms with E-state index in [1.54, 1.807) is 12.2 Å². The molecule has 0 saturated heterocycles. The van der Waals surface area contributed by atoms with Crippen molar-refractivity contribution in [3.05, 3.63) is 158 Å². The zero-order valence-electron chi connectivity index (χ0n) is 19.7. The predicted molar refractivity (Wildman–Crippen MR) is 153 cm³/mol. The third-order valence-electron chi connectivity index (χ3n) is 5.51. The number of allylic oxidation sites excluding steroid dienone is 2. The van der Waals surface area contributed by atoms with Crippen molar-refractivity contribution in [2.24, 2.45) is 0 Å². The van der Waals surface area contributed by atoms with Gasteiger partial charge in [-0.1, -0.05) is 141 Å². The molecule has 0 N–H and O–H groups in total. The van der Waals surface area contributed by atoms with Crippen LogP contribution in [-0.4, -0.2) is 0 Å². The summed E-state index contributed by atoms with van der Waals surface area (Å²) in [4.78, 5) is 0. The smallest absolute Gasteiger partial charge is 0.136 e. The molecule has 0 aliphatic carbocycles. The third kappa shape index (κ3) is 6.04. The number of rotatable bonds is 3. The van der Waals surface area contributed by atoms with Gasteiger partial charge in [-0.15, -0.1) is 0 Å². The minimum absolute atomic E-state index is 0.932. The summed E-state index contributed by atoms with van der Waals surface area (Å²) in [5.41, 5.74) is 4.23. The SMILES string of the molecule is C(=C\c1cccc2ccccc12)/c1ccc2c(c1)oc1ccccc12.C=CC=C.c1ccccc1. The highest BCUT2D eigenvalue weighted by molar-refractivity contribution is 6.05. The maximum absolute atomic E-state index is 5.98. The van der Waals surface area contributed by atoms with Crippen LogP contribution in [0.3, 0.4) is 0 Å². The van der Waals surface area contributed by atoms with Crippen molar-refractivity contribution < 1.29 is 4.42 Å². The second-order valence-corrected chi connectivity index (χ2v) is 7.88. The van der Waals surface area contributed by atoms with Crippen LogP contribution in [0.2, 0.25) is 0 Å². The maximum atomic E-state index is 5.98. The van der Waals surface area contributed by atoms with Crippen LogP contribution in [0.1, 0.15) is 11.1 Å². The van der Waals surface area contributed by atoms with E-state index in [4.69, 9.17) is 4.42 Å². The second-order valence-electron chi connectivity index (χ2n) is 7.88. The van der Waals surface area contributed by atoms with E-state index in [1.165, 1.54) is 21.7 Å². The number of fused-ring (bicyclic) bond motifs is 4. The lowest BCUT2D eigenvalue weighted by Gasteiger charge is -2.01. The topological polar surface area (TPSA) is 13.1 Å². The monoisotopic (exact) mass is 452 g/mol. The van der Waals surface area contributed by atoms with E-state index < -0.39 is 0 Å². The molecular weight excluding hydrogens is 424 g/mol. The van der Waals surface area contributed by atoms with Crippen LogP contribution in [0.25, 0.3) is 44.9 Å². The summed E-state index contributed by atoms with van der Waals surface area (Å²) >= 11 is 0. The number of hydrogen-bond donors (Lipinski definition) is 0. The quantitative estimate of drug-likeness (QED) is 0.192. The summed E-state index contributed by atoms with van der Waals surface area (Å²) in [6.45, 7) is 6.72. The van der Waals surface area contributed by atoms with E-state index in [0.717, 1.165) is 22.1 Å². The minimum atomic E-state index is 0.932. The largest absolute Gasteiger partial charge is 0.456 e. The van der Waals surface area contributed by atoms with Gasteiger partial charge in [-0.05, 0) is 40.1 Å². The fraction of sp³-hybridized carbons (Fsp3) is 0. The first-order chi connectivity index (χ1) is 17.3. The Balaban J connectivity index is 0.000000243. The van der Waals surface area contributed by atoms with Gasteiger partial charge in [-0.3, -0.25) is 0 Å². The van der Waals surface area contributed by atoms with Crippen LogP contribution in [-0.2, 0) is 0 Å². The zero-order chi connectivity index (χ0) is 24.3. The Kier molecular flexibility index (Phi) is 8.08. The normalized spacial score (nSPS) is 10.4. The molecule has 0 unspecified atom stereocenters. The van der Waals surface area contributed by atoms with E-state index >= 15 is 0 Å². The lowest BCUT2D eigenvalue weighted by atomic mass is 10.0. The molecular formula is C34H28O. The number of benzene rings is 5. The summed E-state index contributed by atoms with van der Waals surface area (Å²) in [6.07, 6.45) is 7.60. The van der Waals surface area contributed by atoms with Crippen LogP contribution in [0.5, 0.6) is 0 Å². The molecule has 0 aliphatic rings. The van der Waals surface area contributed by atoms with Crippen molar-refractivity contribution in [2.45, 2.75) is 0 Å². The average molecular weight is 453 g/mol. The molecule has 6 rings (SSSR count). The van der Waals surface area contributed by atoms with Gasteiger partial charge < -0.3 is 4.42 Å². The molecule has 1 nitrogen and oxygen atoms in total. The van der Waals surface area contributed by atoms with Crippen molar-refractivity contribution >= 4 is 44.9 Å². The average Bonchev–Trinajstić information content (AvgIpc) is 3.31. The van der Waals surface area contributed by atoms with Gasteiger partial charge >= 0.3 is 0 Å². The molecule has 35 heavy (non-hydrogen) atoms. The molecule has 6 aromatic rings. The summed E-state index contributed by atoms with van der Waals surface area (Å²) in [5.74, 6) is 0. The van der Waals surface area contributed by atoms with Crippen molar-refractivity contribution in [2.75, 3.05) is 0 Å². The van der Waals surface area contributed by atoms with Gasteiger partial charge in [0, 0.05) is 10.8 Å². The van der Waals surface area contributed by atoms with Crippen molar-refractivity contribution in [3.63, 3.8) is 0 Å². The standard InChI is InChI=1S/C24H16O.C6H6.C4H6/c1-2-9-20-18(6-1)7-5-8-19(20)14-12-17-13-15-22-21-10-3-4-11-23(21)25-24(22)16-17;1-2-4-6-5-3-1;1-3-4-2/h1-16H;1-6H;3-4H,1-2H2/b14-12+;;. The third-order valence-corrected chi connectivity index (χ3v) is 5.51. The van der Waals surface area contributed by atoms with E-state index in [-0.39, 0.29) is 0 Å². The van der Waals surface area contributed by atoms with E-state index in [1.807, 2.05) is 54.6 Å². The van der Waals surface area contributed by atoms with Crippen LogP contribution in [0, 0.1) is 0 Å². The molecule has 0 atom stereocenters. The molecule has 0 radical (unpaired) electrons. The molecule has 0 amide bonds. The van der Waals surface area contributed by atoms with Crippen LogP contribution < -0.4 is 0 Å². The predicted octanol–water partition coefficient (Wildman–Crippen LogP) is 9.95. The van der Waals surface area contributed by atoms with Gasteiger partial charge in [0.2, 0.25) is 0 Å². The Labute approximate surface area is 207 Å². The highest BCUT2D eigenvalue weighted by atomic mass is 16.3. The number of hydrogen-bond acceptors (Lipinski definition) is 1. The first-order valence-corrected chi connectivity index (χ1v) is 11.6. The number of para-hydroxylation sites is 1. The maximum Gasteiger partial charge on any atom is 0.136 e. The molecule has 0 saturated carbocycles. The highest BCUT2D eigenvalue weighted by Gasteiger charge is 2.05. The highest BCUT2D eigenvalue weighted by Crippen LogP contribution is 2.29. The molecule has 5 aromatic carbocycles. The molecule has 0 spiro atoms. The van der Waals surface area contributed by atoms with Crippen LogP contribution in [0.15, 0.2) is 151 Å². The van der Waals surface area contributed by atoms with E-state index in [0.29, 0.717) is 0 Å². The Morgan fingerprint density at radius 2 is 1.09 bits per heavy atom. The van der Waals surface area contributed by atoms with Gasteiger partial charge in [0.05, 0.1) is 0 Å². The molecule has 0 aliphatic heterocycles. The fourth-order valence-electron chi connectivity index (χ4n) is 3.81. The van der Waals surface area contributed by atoms with Gasteiger partial charge in [-0.2, -0.15) is 0 Å². The first kappa shape index (κ1) is 23.5. The summed E-state index contributed by atoms with van der Waals surface area (Å²) in [7, 11) is 0. The molecule has 170 valence electrons. The summed E-state index contributed by atoms with van der Waals surface area (Å²) in [6, 6.07) is 41.4. The van der Waals surface area contributed by atoms with Gasteiger partial charge in [0.1, 0.15) is 11.2 Å². The molecule has 0 fully saturated rings. The van der Waals surface area contributed by atoms with Crippen molar-refractivity contribution in [1.29, 1.82) is 0 Å². The first-order valence-electron chi connectivity index (χ1n) is 11.6. The summed E-state index contributed by atoms with van der Waals surface area (Å²) < 4.78 is 5.98. The molecule has 1 heterocycles. The Morgan fingerprint density at radius 3 is 1.80 bits per heavy atom. The Hall–Kier alpha value is -4.62. The van der Waals surface area contributed by atoms with E-state index in [9.17, 15) is 0 Å². The van der Waals surface area contributed by atoms with Crippen molar-refractivity contribution in [3.8, 4) is 0 Å². The molecule has 0 bridgehead atoms. The minimum Gasteiger partial charge on any atom is -0.456 e. The number of furan rings is 1. The van der Waals surface area contributed by atoms with Crippen molar-refractivity contribution in [1.82, 2.24) is 0 Å². The van der Waals surface area contributed by atoms with Gasteiger partial charge in [0.25, 0.3) is 0 Å². The van der Waals surface area contributed by atoms with Crippen LogP contribution >= 0.6 is 0 Å². The Bertz CT molecular complexity index is 1530. The summed E-state index contributed by atoms with van der Waals surface area (Å²) in [5, 5.41) is 4.86. The fourth-order valence-corrected chi connectivity index (χ4v) is 3.81. The molecule has 1 heteroatoms. The van der Waals surface area contributed by atoms with E-state index in [2.05, 4.69) is 92.0 Å². The van der Waals surface area contributed by atoms with Gasteiger partial charge in [-0.25, -0.2) is 0 Å².